The van der Waals surface area contributed by atoms with Crippen molar-refractivity contribution in [3.8, 4) is 28.5 Å². The predicted octanol–water partition coefficient (Wildman–Crippen LogP) is 4.39. The van der Waals surface area contributed by atoms with Crippen LogP contribution < -0.4 is 14.2 Å². The van der Waals surface area contributed by atoms with Crippen molar-refractivity contribution < 1.29 is 37.3 Å². The smallest absolute Gasteiger partial charge is 0.387 e. The third-order valence-electron chi connectivity index (χ3n) is 6.05. The fraction of sp³-hybridized carbons (Fsp3) is 0.440. The van der Waals surface area contributed by atoms with Gasteiger partial charge in [-0.3, -0.25) is 9.20 Å². The molecule has 0 N–H and O–H groups in total. The Bertz CT molecular complexity index is 1200. The van der Waals surface area contributed by atoms with E-state index in [1.54, 1.807) is 35.0 Å². The zero-order valence-electron chi connectivity index (χ0n) is 19.2. The number of benzene rings is 1. The molecule has 186 valence electrons. The first-order valence-corrected chi connectivity index (χ1v) is 11.5. The topological polar surface area (TPSA) is 80.5 Å². The molecule has 0 amide bonds. The van der Waals surface area contributed by atoms with Gasteiger partial charge in [0.1, 0.15) is 41.2 Å². The van der Waals surface area contributed by atoms with Gasteiger partial charge in [0, 0.05) is 24.2 Å². The van der Waals surface area contributed by atoms with E-state index < -0.39 is 6.61 Å². The number of pyridine rings is 1. The van der Waals surface area contributed by atoms with Crippen molar-refractivity contribution in [1.29, 1.82) is 0 Å². The highest BCUT2D eigenvalue weighted by atomic mass is 19.3. The Morgan fingerprint density at radius 3 is 2.77 bits per heavy atom. The molecule has 3 heterocycles. The second-order valence-electron chi connectivity index (χ2n) is 8.61. The molecule has 1 atom stereocenters. The number of fused-ring (bicyclic) bond motifs is 1. The molecule has 2 aromatic heterocycles. The van der Waals surface area contributed by atoms with Crippen LogP contribution in [-0.2, 0) is 9.47 Å². The minimum Gasteiger partial charge on any atom is -0.496 e. The summed E-state index contributed by atoms with van der Waals surface area (Å²) in [5.74, 6) is 0.625. The van der Waals surface area contributed by atoms with E-state index in [0.29, 0.717) is 55.0 Å². The largest absolute Gasteiger partial charge is 0.496 e. The molecule has 8 nitrogen and oxygen atoms in total. The summed E-state index contributed by atoms with van der Waals surface area (Å²) in [4.78, 5) is 17.3. The lowest BCUT2D eigenvalue weighted by Gasteiger charge is -2.22. The van der Waals surface area contributed by atoms with Crippen molar-refractivity contribution in [3.05, 3.63) is 42.2 Å². The van der Waals surface area contributed by atoms with Gasteiger partial charge < -0.3 is 23.7 Å². The van der Waals surface area contributed by atoms with Gasteiger partial charge in [0.25, 0.3) is 0 Å². The van der Waals surface area contributed by atoms with Gasteiger partial charge >= 0.3 is 6.61 Å². The Morgan fingerprint density at radius 2 is 2.06 bits per heavy atom. The average molecular weight is 488 g/mol. The molecule has 10 heteroatoms. The Kier molecular flexibility index (Phi) is 6.83. The quantitative estimate of drug-likeness (QED) is 0.392. The molecular formula is C25H26F2N2O6. The van der Waals surface area contributed by atoms with E-state index in [0.717, 1.165) is 12.8 Å². The van der Waals surface area contributed by atoms with E-state index in [4.69, 9.17) is 23.7 Å². The van der Waals surface area contributed by atoms with Gasteiger partial charge in [-0.2, -0.15) is 8.78 Å². The number of imidazole rings is 1. The summed E-state index contributed by atoms with van der Waals surface area (Å²) in [7, 11) is 1.40. The fourth-order valence-corrected chi connectivity index (χ4v) is 4.14. The standard InChI is InChI=1S/C25H26F2N2O6/c1-31-21-9-16(10-22(35-25(26)27)24(21)20(30)8-15-2-3-15)19-12-28-23-11-17(4-5-29(19)23)34-14-18-13-32-6-7-33-18/h4-5,9-12,15,18,25H,2-3,6-8,13-14H2,1H3/t18-/m0/s1. The number of hydrogen-bond acceptors (Lipinski definition) is 7. The lowest BCUT2D eigenvalue weighted by atomic mass is 10.00. The first kappa shape index (κ1) is 23.5. The monoisotopic (exact) mass is 488 g/mol. The van der Waals surface area contributed by atoms with Crippen molar-refractivity contribution in [3.63, 3.8) is 0 Å². The van der Waals surface area contributed by atoms with Crippen LogP contribution in [-0.4, -0.2) is 61.4 Å². The van der Waals surface area contributed by atoms with E-state index in [1.165, 1.54) is 13.2 Å². The lowest BCUT2D eigenvalue weighted by Crippen LogP contribution is -2.33. The van der Waals surface area contributed by atoms with Crippen molar-refractivity contribution in [1.82, 2.24) is 9.38 Å². The minimum absolute atomic E-state index is 0.0434. The lowest BCUT2D eigenvalue weighted by molar-refractivity contribution is -0.101. The van der Waals surface area contributed by atoms with E-state index >= 15 is 0 Å². The zero-order valence-corrected chi connectivity index (χ0v) is 19.2. The Morgan fingerprint density at radius 1 is 1.23 bits per heavy atom. The van der Waals surface area contributed by atoms with Gasteiger partial charge in [-0.1, -0.05) is 0 Å². The second-order valence-corrected chi connectivity index (χ2v) is 8.61. The van der Waals surface area contributed by atoms with Gasteiger partial charge in [0.05, 0.1) is 38.8 Å². The first-order valence-electron chi connectivity index (χ1n) is 11.5. The Balaban J connectivity index is 1.44. The first-order chi connectivity index (χ1) is 17.0. The molecule has 1 aliphatic heterocycles. The Hall–Kier alpha value is -3.24. The number of halogens is 2. The molecular weight excluding hydrogens is 462 g/mol. The van der Waals surface area contributed by atoms with E-state index in [-0.39, 0.29) is 35.4 Å². The van der Waals surface area contributed by atoms with Crippen LogP contribution in [0.3, 0.4) is 0 Å². The van der Waals surface area contributed by atoms with Crippen LogP contribution in [0.4, 0.5) is 8.78 Å². The highest BCUT2D eigenvalue weighted by molar-refractivity contribution is 6.02. The van der Waals surface area contributed by atoms with Gasteiger partial charge in [-0.05, 0) is 37.0 Å². The molecule has 1 aromatic carbocycles. The molecule has 35 heavy (non-hydrogen) atoms. The third-order valence-corrected chi connectivity index (χ3v) is 6.05. The number of aromatic nitrogens is 2. The Labute approximate surface area is 200 Å². The van der Waals surface area contributed by atoms with Crippen molar-refractivity contribution >= 4 is 11.4 Å². The normalized spacial score (nSPS) is 18.1. The summed E-state index contributed by atoms with van der Waals surface area (Å²) in [6, 6.07) is 6.63. The number of carbonyl (C=O) groups is 1. The summed E-state index contributed by atoms with van der Waals surface area (Å²) in [5.41, 5.74) is 1.79. The van der Waals surface area contributed by atoms with Gasteiger partial charge in [0.15, 0.2) is 5.78 Å². The number of rotatable bonds is 10. The highest BCUT2D eigenvalue weighted by Crippen LogP contribution is 2.40. The number of methoxy groups -OCH3 is 1. The van der Waals surface area contributed by atoms with Crippen LogP contribution in [0.25, 0.3) is 16.9 Å². The molecule has 0 bridgehead atoms. The maximum atomic E-state index is 13.2. The molecule has 3 aromatic rings. The number of carbonyl (C=O) groups excluding carboxylic acids is 1. The maximum Gasteiger partial charge on any atom is 0.387 e. The van der Waals surface area contributed by atoms with Crippen LogP contribution in [0.2, 0.25) is 0 Å². The van der Waals surface area contributed by atoms with Crippen molar-refractivity contribution in [2.75, 3.05) is 33.5 Å². The van der Waals surface area contributed by atoms with E-state index in [2.05, 4.69) is 4.98 Å². The second kappa shape index (κ2) is 10.2. The highest BCUT2D eigenvalue weighted by Gasteiger charge is 2.30. The van der Waals surface area contributed by atoms with E-state index in [9.17, 15) is 13.6 Å². The van der Waals surface area contributed by atoms with Crippen molar-refractivity contribution in [2.24, 2.45) is 5.92 Å². The molecule has 0 unspecified atom stereocenters. The predicted molar refractivity (Wildman–Crippen MR) is 122 cm³/mol. The van der Waals surface area contributed by atoms with Crippen LogP contribution in [0.1, 0.15) is 29.6 Å². The summed E-state index contributed by atoms with van der Waals surface area (Å²) in [6.45, 7) is -1.11. The minimum atomic E-state index is -3.08. The third kappa shape index (κ3) is 5.38. The number of hydrogen-bond donors (Lipinski definition) is 0. The number of ketones is 1. The molecule has 1 aliphatic carbocycles. The fourth-order valence-electron chi connectivity index (χ4n) is 4.14. The van der Waals surface area contributed by atoms with Crippen LogP contribution in [0.5, 0.6) is 17.2 Å². The summed E-state index contributed by atoms with van der Waals surface area (Å²) >= 11 is 0. The summed E-state index contributed by atoms with van der Waals surface area (Å²) < 4.78 is 55.2. The molecule has 2 fully saturated rings. The SMILES string of the molecule is COc1cc(-c2cnc3cc(OC[C@@H]4COCCO4)ccn23)cc(OC(F)F)c1C(=O)CC1CC1. The average Bonchev–Trinajstić information content (AvgIpc) is 3.57. The molecule has 0 radical (unpaired) electrons. The summed E-state index contributed by atoms with van der Waals surface area (Å²) in [5, 5.41) is 0. The van der Waals surface area contributed by atoms with Crippen LogP contribution in [0, 0.1) is 5.92 Å². The molecule has 1 saturated heterocycles. The number of Topliss-reactive ketones (excluding diaryl/α,β-unsaturated/α-hetero) is 1. The van der Waals surface area contributed by atoms with Crippen LogP contribution >= 0.6 is 0 Å². The zero-order chi connectivity index (χ0) is 24.4. The van der Waals surface area contributed by atoms with Gasteiger partial charge in [-0.15, -0.1) is 0 Å². The molecule has 1 saturated carbocycles. The summed E-state index contributed by atoms with van der Waals surface area (Å²) in [6.07, 6.45) is 5.47. The molecule has 5 rings (SSSR count). The van der Waals surface area contributed by atoms with Crippen molar-refractivity contribution in [2.45, 2.75) is 32.0 Å². The number of alkyl halides is 2. The van der Waals surface area contributed by atoms with Gasteiger partial charge in [-0.25, -0.2) is 4.98 Å². The number of ether oxygens (including phenoxy) is 5. The maximum absolute atomic E-state index is 13.2. The number of nitrogens with zero attached hydrogens (tertiary/aromatic N) is 2. The van der Waals surface area contributed by atoms with E-state index in [1.807, 2.05) is 0 Å². The van der Waals surface area contributed by atoms with Gasteiger partial charge in [0.2, 0.25) is 0 Å². The van der Waals surface area contributed by atoms with Crippen LogP contribution in [0.15, 0.2) is 36.7 Å². The molecule has 2 aliphatic rings. The molecule has 0 spiro atoms.